The molecule has 2 atom stereocenters. The van der Waals surface area contributed by atoms with Gasteiger partial charge < -0.3 is 14.6 Å². The third-order valence-corrected chi connectivity index (χ3v) is 3.54. The summed E-state index contributed by atoms with van der Waals surface area (Å²) in [7, 11) is 0. The van der Waals surface area contributed by atoms with E-state index in [1.54, 1.807) is 0 Å². The van der Waals surface area contributed by atoms with Crippen LogP contribution in [0.3, 0.4) is 0 Å². The fourth-order valence-electron chi connectivity index (χ4n) is 2.54. The van der Waals surface area contributed by atoms with Gasteiger partial charge in [0.2, 0.25) is 0 Å². The van der Waals surface area contributed by atoms with Crippen LogP contribution < -0.4 is 0 Å². The second-order valence-electron chi connectivity index (χ2n) is 4.29. The van der Waals surface area contributed by atoms with Gasteiger partial charge in [0.1, 0.15) is 5.60 Å². The minimum absolute atomic E-state index is 0.0868. The van der Waals surface area contributed by atoms with Gasteiger partial charge in [-0.1, -0.05) is 0 Å². The Morgan fingerprint density at radius 1 is 1.15 bits per heavy atom. The Labute approximate surface area is 79.0 Å². The third kappa shape index (κ3) is 1.30. The van der Waals surface area contributed by atoms with Crippen molar-refractivity contribution >= 4 is 0 Å². The van der Waals surface area contributed by atoms with Crippen LogP contribution in [0, 0.1) is 0 Å². The highest BCUT2D eigenvalue weighted by Gasteiger charge is 2.53. The van der Waals surface area contributed by atoms with Gasteiger partial charge in [0, 0.05) is 13.2 Å². The molecule has 0 spiro atoms. The van der Waals surface area contributed by atoms with Gasteiger partial charge >= 0.3 is 0 Å². The minimum atomic E-state index is -0.413. The molecule has 2 fully saturated rings. The van der Waals surface area contributed by atoms with Crippen molar-refractivity contribution < 1.29 is 14.6 Å². The van der Waals surface area contributed by atoms with Gasteiger partial charge in [-0.3, -0.25) is 0 Å². The summed E-state index contributed by atoms with van der Waals surface area (Å²) < 4.78 is 11.4. The predicted octanol–water partition coefficient (Wildman–Crippen LogP) is 1.10. The number of aliphatic hydroxyl groups is 1. The smallest absolute Gasteiger partial charge is 0.120 e. The van der Waals surface area contributed by atoms with Crippen LogP contribution in [0.1, 0.15) is 32.6 Å². The Morgan fingerprint density at radius 2 is 1.85 bits per heavy atom. The second-order valence-corrected chi connectivity index (χ2v) is 4.29. The van der Waals surface area contributed by atoms with Crippen LogP contribution in [0.2, 0.25) is 0 Å². The molecule has 2 heterocycles. The lowest BCUT2D eigenvalue weighted by molar-refractivity contribution is -0.176. The molecule has 2 aliphatic heterocycles. The predicted molar refractivity (Wildman–Crippen MR) is 48.6 cm³/mol. The van der Waals surface area contributed by atoms with E-state index in [1.165, 1.54) is 0 Å². The highest BCUT2D eigenvalue weighted by Crippen LogP contribution is 2.43. The van der Waals surface area contributed by atoms with Crippen LogP contribution in [-0.2, 0) is 9.47 Å². The summed E-state index contributed by atoms with van der Waals surface area (Å²) in [5.74, 6) is 0. The van der Waals surface area contributed by atoms with Crippen molar-refractivity contribution in [3.05, 3.63) is 0 Å². The Bertz CT molecular complexity index is 179. The van der Waals surface area contributed by atoms with Crippen molar-refractivity contribution in [1.82, 2.24) is 0 Å². The Kier molecular flexibility index (Phi) is 2.34. The third-order valence-electron chi connectivity index (χ3n) is 3.54. The van der Waals surface area contributed by atoms with Gasteiger partial charge in [-0.25, -0.2) is 0 Å². The van der Waals surface area contributed by atoms with Crippen molar-refractivity contribution in [1.29, 1.82) is 0 Å². The van der Waals surface area contributed by atoms with Crippen LogP contribution >= 0.6 is 0 Å². The molecule has 0 amide bonds. The van der Waals surface area contributed by atoms with Crippen LogP contribution in [0.25, 0.3) is 0 Å². The Morgan fingerprint density at radius 3 is 2.31 bits per heavy atom. The second kappa shape index (κ2) is 3.23. The molecule has 0 radical (unpaired) electrons. The molecule has 1 N–H and O–H groups in total. The first-order valence-corrected chi connectivity index (χ1v) is 5.11. The molecule has 2 unspecified atom stereocenters. The van der Waals surface area contributed by atoms with E-state index >= 15 is 0 Å². The van der Waals surface area contributed by atoms with E-state index in [0.29, 0.717) is 0 Å². The van der Waals surface area contributed by atoms with Crippen LogP contribution in [0.4, 0.5) is 0 Å². The first-order valence-electron chi connectivity index (χ1n) is 5.11. The highest BCUT2D eigenvalue weighted by atomic mass is 16.6. The first-order chi connectivity index (χ1) is 6.22. The monoisotopic (exact) mass is 186 g/mol. The van der Waals surface area contributed by atoms with Gasteiger partial charge in [0.15, 0.2) is 0 Å². The van der Waals surface area contributed by atoms with Crippen molar-refractivity contribution in [3.63, 3.8) is 0 Å². The molecule has 0 aromatic heterocycles. The zero-order valence-corrected chi connectivity index (χ0v) is 8.21. The lowest BCUT2D eigenvalue weighted by Gasteiger charge is -2.41. The number of rotatable bonds is 2. The molecule has 0 aliphatic carbocycles. The maximum atomic E-state index is 9.44. The van der Waals surface area contributed by atoms with Gasteiger partial charge in [-0.15, -0.1) is 0 Å². The zero-order valence-electron chi connectivity index (χ0n) is 8.21. The summed E-state index contributed by atoms with van der Waals surface area (Å²) in [4.78, 5) is 0. The molecule has 3 heteroatoms. The van der Waals surface area contributed by atoms with Gasteiger partial charge in [0.25, 0.3) is 0 Å². The Balaban J connectivity index is 2.18. The summed E-state index contributed by atoms with van der Waals surface area (Å²) in [5, 5.41) is 9.44. The largest absolute Gasteiger partial charge is 0.393 e. The van der Waals surface area contributed by atoms with E-state index in [-0.39, 0.29) is 12.2 Å². The van der Waals surface area contributed by atoms with Crippen LogP contribution in [-0.4, -0.2) is 36.1 Å². The Hall–Kier alpha value is -0.120. The van der Waals surface area contributed by atoms with Gasteiger partial charge in [0.05, 0.1) is 12.2 Å². The van der Waals surface area contributed by atoms with E-state index in [9.17, 15) is 5.11 Å². The zero-order chi connectivity index (χ0) is 9.36. The summed E-state index contributed by atoms with van der Waals surface area (Å²) in [6, 6.07) is 0. The molecular weight excluding hydrogens is 168 g/mol. The standard InChI is InChI=1S/C10H18O3/c1-9(4-2-6-12-9)10(8-11)5-3-7-13-10/h11H,2-8H2,1H3. The average molecular weight is 186 g/mol. The molecule has 0 aromatic carbocycles. The molecule has 0 saturated carbocycles. The van der Waals surface area contributed by atoms with E-state index in [2.05, 4.69) is 6.92 Å². The molecule has 2 saturated heterocycles. The molecule has 76 valence electrons. The molecule has 13 heavy (non-hydrogen) atoms. The minimum Gasteiger partial charge on any atom is -0.393 e. The lowest BCUT2D eigenvalue weighted by Crippen LogP contribution is -2.54. The SMILES string of the molecule is CC1(C2(CO)CCCO2)CCCO1. The molecule has 2 aliphatic rings. The van der Waals surface area contributed by atoms with E-state index in [4.69, 9.17) is 9.47 Å². The van der Waals surface area contributed by atoms with Crippen molar-refractivity contribution in [3.8, 4) is 0 Å². The highest BCUT2D eigenvalue weighted by molar-refractivity contribution is 5.03. The number of aliphatic hydroxyl groups excluding tert-OH is 1. The fourth-order valence-corrected chi connectivity index (χ4v) is 2.54. The van der Waals surface area contributed by atoms with E-state index < -0.39 is 5.60 Å². The quantitative estimate of drug-likeness (QED) is 0.701. The van der Waals surface area contributed by atoms with Gasteiger partial charge in [-0.2, -0.15) is 0 Å². The number of hydrogen-bond acceptors (Lipinski definition) is 3. The lowest BCUT2D eigenvalue weighted by atomic mass is 9.80. The normalized spacial score (nSPS) is 45.7. The molecule has 0 aromatic rings. The first kappa shape index (κ1) is 9.44. The summed E-state index contributed by atoms with van der Waals surface area (Å²) in [6.07, 6.45) is 4.06. The molecule has 0 bridgehead atoms. The summed E-state index contributed by atoms with van der Waals surface area (Å²) >= 11 is 0. The fraction of sp³-hybridized carbons (Fsp3) is 1.00. The number of hydrogen-bond donors (Lipinski definition) is 1. The van der Waals surface area contributed by atoms with Crippen molar-refractivity contribution in [2.24, 2.45) is 0 Å². The number of ether oxygens (including phenoxy) is 2. The summed E-state index contributed by atoms with van der Waals surface area (Å²) in [5.41, 5.74) is -0.665. The molecular formula is C10H18O3. The molecule has 2 rings (SSSR count). The average Bonchev–Trinajstić information content (AvgIpc) is 2.73. The van der Waals surface area contributed by atoms with Crippen molar-refractivity contribution in [2.75, 3.05) is 19.8 Å². The van der Waals surface area contributed by atoms with Gasteiger partial charge in [-0.05, 0) is 32.6 Å². The van der Waals surface area contributed by atoms with E-state index in [0.717, 1.165) is 38.9 Å². The summed E-state index contributed by atoms with van der Waals surface area (Å²) in [6.45, 7) is 3.73. The molecule has 3 nitrogen and oxygen atoms in total. The maximum Gasteiger partial charge on any atom is 0.120 e. The van der Waals surface area contributed by atoms with Crippen LogP contribution in [0.5, 0.6) is 0 Å². The maximum absolute atomic E-state index is 9.44. The van der Waals surface area contributed by atoms with Crippen molar-refractivity contribution in [2.45, 2.75) is 43.8 Å². The van der Waals surface area contributed by atoms with E-state index in [1.807, 2.05) is 0 Å². The van der Waals surface area contributed by atoms with Crippen LogP contribution in [0.15, 0.2) is 0 Å². The topological polar surface area (TPSA) is 38.7 Å².